The first-order valence-electron chi connectivity index (χ1n) is 6.92. The Hall–Kier alpha value is -1.98. The van der Waals surface area contributed by atoms with E-state index in [1.54, 1.807) is 69.3 Å². The number of sulfonamides is 1. The van der Waals surface area contributed by atoms with Gasteiger partial charge in [-0.05, 0) is 32.4 Å². The van der Waals surface area contributed by atoms with Crippen LogP contribution in [0.25, 0.3) is 11.1 Å². The van der Waals surface area contributed by atoms with Gasteiger partial charge >= 0.3 is 0 Å². The fourth-order valence-electron chi connectivity index (χ4n) is 2.23. The standard InChI is InChI=1S/C17H19NO3S/c1-17(2,3)18-22(20,21)16-11-7-6-10-15(16)14-9-5-4-8-13(14)12-19/h4-12,18H,1-3H3. The van der Waals surface area contributed by atoms with Gasteiger partial charge in [-0.15, -0.1) is 0 Å². The molecule has 0 aliphatic carbocycles. The van der Waals surface area contributed by atoms with Gasteiger partial charge in [0.05, 0.1) is 4.90 Å². The molecule has 0 atom stereocenters. The Morgan fingerprint density at radius 3 is 2.05 bits per heavy atom. The van der Waals surface area contributed by atoms with Crippen molar-refractivity contribution in [3.8, 4) is 11.1 Å². The Morgan fingerprint density at radius 1 is 0.909 bits per heavy atom. The molecule has 1 N–H and O–H groups in total. The van der Waals surface area contributed by atoms with Crippen molar-refractivity contribution in [3.05, 3.63) is 54.1 Å². The van der Waals surface area contributed by atoms with Crippen LogP contribution in [0.2, 0.25) is 0 Å². The van der Waals surface area contributed by atoms with Gasteiger partial charge in [-0.2, -0.15) is 0 Å². The molecule has 0 saturated carbocycles. The van der Waals surface area contributed by atoms with Crippen LogP contribution in [0, 0.1) is 0 Å². The summed E-state index contributed by atoms with van der Waals surface area (Å²) in [5.41, 5.74) is 0.992. The molecule has 2 aromatic rings. The largest absolute Gasteiger partial charge is 0.298 e. The molecule has 0 heterocycles. The van der Waals surface area contributed by atoms with Crippen LogP contribution in [0.15, 0.2) is 53.4 Å². The van der Waals surface area contributed by atoms with Crippen molar-refractivity contribution >= 4 is 16.3 Å². The predicted molar refractivity (Wildman–Crippen MR) is 87.3 cm³/mol. The van der Waals surface area contributed by atoms with E-state index >= 15 is 0 Å². The normalized spacial score (nSPS) is 12.1. The average Bonchev–Trinajstić information content (AvgIpc) is 2.45. The third-order valence-electron chi connectivity index (χ3n) is 3.00. The maximum atomic E-state index is 12.6. The smallest absolute Gasteiger partial charge is 0.241 e. The summed E-state index contributed by atoms with van der Waals surface area (Å²) in [6.07, 6.45) is 0.732. The summed E-state index contributed by atoms with van der Waals surface area (Å²) in [4.78, 5) is 11.4. The second-order valence-electron chi connectivity index (χ2n) is 6.06. The lowest BCUT2D eigenvalue weighted by Gasteiger charge is -2.21. The summed E-state index contributed by atoms with van der Waals surface area (Å²) in [5, 5.41) is 0. The maximum absolute atomic E-state index is 12.6. The molecule has 0 radical (unpaired) electrons. The van der Waals surface area contributed by atoms with E-state index in [1.165, 1.54) is 0 Å². The maximum Gasteiger partial charge on any atom is 0.241 e. The molecule has 0 aliphatic rings. The van der Waals surface area contributed by atoms with Crippen molar-refractivity contribution in [2.24, 2.45) is 0 Å². The van der Waals surface area contributed by atoms with Gasteiger partial charge in [0.2, 0.25) is 10.0 Å². The lowest BCUT2D eigenvalue weighted by Crippen LogP contribution is -2.40. The van der Waals surface area contributed by atoms with E-state index in [4.69, 9.17) is 0 Å². The second-order valence-corrected chi connectivity index (χ2v) is 7.71. The van der Waals surface area contributed by atoms with Crippen LogP contribution in [-0.2, 0) is 10.0 Å². The summed E-state index contributed by atoms with van der Waals surface area (Å²) >= 11 is 0. The minimum atomic E-state index is -3.69. The van der Waals surface area contributed by atoms with Crippen molar-refractivity contribution in [1.29, 1.82) is 0 Å². The number of nitrogens with one attached hydrogen (secondary N) is 1. The van der Waals surface area contributed by atoms with E-state index in [0.717, 1.165) is 6.29 Å². The van der Waals surface area contributed by atoms with Crippen molar-refractivity contribution in [1.82, 2.24) is 4.72 Å². The Balaban J connectivity index is 2.64. The molecule has 0 fully saturated rings. The molecule has 2 rings (SSSR count). The number of benzene rings is 2. The van der Waals surface area contributed by atoms with Gasteiger partial charge in [-0.25, -0.2) is 13.1 Å². The van der Waals surface area contributed by atoms with Crippen molar-refractivity contribution in [3.63, 3.8) is 0 Å². The van der Waals surface area contributed by atoms with Gasteiger partial charge in [-0.3, -0.25) is 4.79 Å². The molecular weight excluding hydrogens is 298 g/mol. The number of hydrogen-bond acceptors (Lipinski definition) is 3. The fraction of sp³-hybridized carbons (Fsp3) is 0.235. The van der Waals surface area contributed by atoms with Gasteiger partial charge in [0.1, 0.15) is 0 Å². The number of rotatable bonds is 4. The SMILES string of the molecule is CC(C)(C)NS(=O)(=O)c1ccccc1-c1ccccc1C=O. The Labute approximate surface area is 131 Å². The molecule has 116 valence electrons. The Kier molecular flexibility index (Phi) is 4.49. The fourth-order valence-corrected chi connectivity index (χ4v) is 3.87. The Morgan fingerprint density at radius 2 is 1.45 bits per heavy atom. The molecule has 0 unspecified atom stereocenters. The summed E-state index contributed by atoms with van der Waals surface area (Å²) < 4.78 is 27.9. The molecule has 0 amide bonds. The highest BCUT2D eigenvalue weighted by Gasteiger charge is 2.25. The van der Waals surface area contributed by atoms with Gasteiger partial charge in [0.25, 0.3) is 0 Å². The number of carbonyl (C=O) groups excluding carboxylic acids is 1. The lowest BCUT2D eigenvalue weighted by atomic mass is 10.0. The highest BCUT2D eigenvalue weighted by atomic mass is 32.2. The highest BCUT2D eigenvalue weighted by molar-refractivity contribution is 7.89. The first-order chi connectivity index (χ1) is 10.2. The molecule has 0 bridgehead atoms. The van der Waals surface area contributed by atoms with Crippen molar-refractivity contribution in [2.75, 3.05) is 0 Å². The van der Waals surface area contributed by atoms with E-state index in [-0.39, 0.29) is 4.90 Å². The quantitative estimate of drug-likeness (QED) is 0.881. The van der Waals surface area contributed by atoms with E-state index in [9.17, 15) is 13.2 Å². The second kappa shape index (κ2) is 6.02. The summed E-state index contributed by atoms with van der Waals surface area (Å²) in [6, 6.07) is 13.6. The zero-order valence-electron chi connectivity index (χ0n) is 12.8. The van der Waals surface area contributed by atoms with Gasteiger partial charge in [0, 0.05) is 16.7 Å². The molecule has 0 aromatic heterocycles. The van der Waals surface area contributed by atoms with E-state index < -0.39 is 15.6 Å². The molecule has 4 nitrogen and oxygen atoms in total. The predicted octanol–water partition coefficient (Wildman–Crippen LogP) is 3.24. The minimum Gasteiger partial charge on any atom is -0.298 e. The zero-order valence-corrected chi connectivity index (χ0v) is 13.6. The number of carbonyl (C=O) groups is 1. The van der Waals surface area contributed by atoms with Crippen LogP contribution >= 0.6 is 0 Å². The lowest BCUT2D eigenvalue weighted by molar-refractivity contribution is 0.112. The molecule has 0 spiro atoms. The summed E-state index contributed by atoms with van der Waals surface area (Å²) in [6.45, 7) is 5.35. The summed E-state index contributed by atoms with van der Waals surface area (Å²) in [5.74, 6) is 0. The van der Waals surface area contributed by atoms with E-state index in [1.807, 2.05) is 0 Å². The molecule has 0 saturated heterocycles. The van der Waals surface area contributed by atoms with Gasteiger partial charge in [0.15, 0.2) is 6.29 Å². The van der Waals surface area contributed by atoms with Crippen LogP contribution in [0.5, 0.6) is 0 Å². The number of hydrogen-bond donors (Lipinski definition) is 1. The molecule has 22 heavy (non-hydrogen) atoms. The zero-order chi connectivity index (χ0) is 16.4. The minimum absolute atomic E-state index is 0.166. The van der Waals surface area contributed by atoms with Gasteiger partial charge < -0.3 is 0 Å². The average molecular weight is 317 g/mol. The first-order valence-corrected chi connectivity index (χ1v) is 8.40. The van der Waals surface area contributed by atoms with E-state index in [0.29, 0.717) is 16.7 Å². The first kappa shape index (κ1) is 16.4. The Bertz CT molecular complexity index is 790. The van der Waals surface area contributed by atoms with Crippen LogP contribution in [0.1, 0.15) is 31.1 Å². The van der Waals surface area contributed by atoms with Crippen LogP contribution in [0.4, 0.5) is 0 Å². The van der Waals surface area contributed by atoms with Crippen LogP contribution in [0.3, 0.4) is 0 Å². The molecule has 2 aromatic carbocycles. The van der Waals surface area contributed by atoms with Crippen LogP contribution in [-0.4, -0.2) is 20.2 Å². The van der Waals surface area contributed by atoms with Crippen LogP contribution < -0.4 is 4.72 Å². The van der Waals surface area contributed by atoms with Crippen molar-refractivity contribution < 1.29 is 13.2 Å². The molecular formula is C17H19NO3S. The number of aldehydes is 1. The topological polar surface area (TPSA) is 63.2 Å². The molecule has 5 heteroatoms. The monoisotopic (exact) mass is 317 g/mol. The highest BCUT2D eigenvalue weighted by Crippen LogP contribution is 2.29. The third kappa shape index (κ3) is 3.61. The summed E-state index contributed by atoms with van der Waals surface area (Å²) in [7, 11) is -3.69. The van der Waals surface area contributed by atoms with Crippen molar-refractivity contribution in [2.45, 2.75) is 31.2 Å². The van der Waals surface area contributed by atoms with Gasteiger partial charge in [-0.1, -0.05) is 42.5 Å². The third-order valence-corrected chi connectivity index (χ3v) is 4.81. The molecule has 0 aliphatic heterocycles. The van der Waals surface area contributed by atoms with E-state index in [2.05, 4.69) is 4.72 Å².